The molecule has 0 bridgehead atoms. The summed E-state index contributed by atoms with van der Waals surface area (Å²) in [5, 5.41) is 4.69. The highest BCUT2D eigenvalue weighted by Crippen LogP contribution is 2.15. The molecule has 2 rings (SSSR count). The molecule has 3 nitrogen and oxygen atoms in total. The topological polar surface area (TPSA) is 40.7 Å². The number of hydrogen-bond acceptors (Lipinski definition) is 2. The van der Waals surface area contributed by atoms with Crippen LogP contribution in [0.4, 0.5) is 0 Å². The number of hydrogen-bond donors (Lipinski definition) is 2. The van der Waals surface area contributed by atoms with Gasteiger partial charge in [0.15, 0.2) is 0 Å². The van der Waals surface area contributed by atoms with E-state index in [4.69, 9.17) is 0 Å². The number of nitrogens with zero attached hydrogens (tertiary/aromatic N) is 1. The predicted molar refractivity (Wildman–Crippen MR) is 67.3 cm³/mol. The van der Waals surface area contributed by atoms with Gasteiger partial charge in [0, 0.05) is 24.3 Å². The van der Waals surface area contributed by atoms with Crippen LogP contribution in [0, 0.1) is 5.92 Å². The first-order chi connectivity index (χ1) is 7.77. The molecule has 86 valence electrons. The molecule has 2 aromatic heterocycles. The Bertz CT molecular complexity index is 445. The Labute approximate surface area is 96.3 Å². The summed E-state index contributed by atoms with van der Waals surface area (Å²) in [5.41, 5.74) is 2.27. The fourth-order valence-electron chi connectivity index (χ4n) is 1.77. The van der Waals surface area contributed by atoms with Crippen molar-refractivity contribution in [2.75, 3.05) is 6.54 Å². The Morgan fingerprint density at radius 2 is 2.31 bits per heavy atom. The van der Waals surface area contributed by atoms with Gasteiger partial charge < -0.3 is 10.3 Å². The van der Waals surface area contributed by atoms with E-state index in [1.807, 2.05) is 18.5 Å². The third-order valence-electron chi connectivity index (χ3n) is 2.75. The van der Waals surface area contributed by atoms with Crippen molar-refractivity contribution in [1.29, 1.82) is 0 Å². The molecule has 2 N–H and O–H groups in total. The van der Waals surface area contributed by atoms with E-state index in [1.54, 1.807) is 0 Å². The first kappa shape index (κ1) is 11.1. The maximum Gasteiger partial charge on any atom is 0.137 e. The molecule has 0 aliphatic carbocycles. The second kappa shape index (κ2) is 5.12. The molecule has 2 aromatic rings. The summed E-state index contributed by atoms with van der Waals surface area (Å²) in [6.45, 7) is 6.48. The van der Waals surface area contributed by atoms with E-state index in [1.165, 1.54) is 17.4 Å². The maximum absolute atomic E-state index is 4.27. The molecule has 0 aliphatic rings. The summed E-state index contributed by atoms with van der Waals surface area (Å²) in [6.07, 6.45) is 5.08. The number of H-pyrrole nitrogens is 1. The summed E-state index contributed by atoms with van der Waals surface area (Å²) < 4.78 is 0. The minimum atomic E-state index is 0.761. The van der Waals surface area contributed by atoms with Crippen LogP contribution in [0.5, 0.6) is 0 Å². The molecule has 0 atom stereocenters. The zero-order chi connectivity index (χ0) is 11.4. The van der Waals surface area contributed by atoms with E-state index in [0.29, 0.717) is 0 Å². The van der Waals surface area contributed by atoms with Gasteiger partial charge in [0.2, 0.25) is 0 Å². The van der Waals surface area contributed by atoms with E-state index < -0.39 is 0 Å². The molecule has 0 saturated carbocycles. The van der Waals surface area contributed by atoms with Crippen molar-refractivity contribution in [1.82, 2.24) is 15.3 Å². The van der Waals surface area contributed by atoms with Crippen molar-refractivity contribution in [2.45, 2.75) is 26.8 Å². The van der Waals surface area contributed by atoms with Crippen LogP contribution in [-0.2, 0) is 6.54 Å². The third kappa shape index (κ3) is 2.61. The molecule has 0 spiro atoms. The zero-order valence-electron chi connectivity index (χ0n) is 9.96. The lowest BCUT2D eigenvalue weighted by Gasteiger charge is -2.05. The van der Waals surface area contributed by atoms with Gasteiger partial charge in [-0.05, 0) is 36.6 Å². The Kier molecular flexibility index (Phi) is 3.57. The van der Waals surface area contributed by atoms with Crippen LogP contribution in [-0.4, -0.2) is 16.5 Å². The van der Waals surface area contributed by atoms with Gasteiger partial charge in [-0.1, -0.05) is 13.8 Å². The molecular weight excluding hydrogens is 198 g/mol. The predicted octanol–water partition coefficient (Wildman–Crippen LogP) is 2.70. The molecule has 0 radical (unpaired) electrons. The second-order valence-corrected chi connectivity index (χ2v) is 4.57. The molecule has 0 aromatic carbocycles. The number of rotatable bonds is 5. The summed E-state index contributed by atoms with van der Waals surface area (Å²) in [7, 11) is 0. The van der Waals surface area contributed by atoms with Gasteiger partial charge >= 0.3 is 0 Å². The summed E-state index contributed by atoms with van der Waals surface area (Å²) in [6, 6.07) is 4.09. The normalized spacial score (nSPS) is 11.4. The number of nitrogens with one attached hydrogen (secondary N) is 2. The zero-order valence-corrected chi connectivity index (χ0v) is 9.96. The molecule has 0 unspecified atom stereocenters. The molecule has 0 saturated heterocycles. The van der Waals surface area contributed by atoms with E-state index in [0.717, 1.165) is 24.7 Å². The highest BCUT2D eigenvalue weighted by molar-refractivity contribution is 5.79. The van der Waals surface area contributed by atoms with E-state index >= 15 is 0 Å². The van der Waals surface area contributed by atoms with E-state index in [-0.39, 0.29) is 0 Å². The van der Waals surface area contributed by atoms with Crippen molar-refractivity contribution in [3.8, 4) is 0 Å². The average molecular weight is 217 g/mol. The van der Waals surface area contributed by atoms with Crippen LogP contribution in [0.1, 0.15) is 25.8 Å². The quantitative estimate of drug-likeness (QED) is 0.756. The van der Waals surface area contributed by atoms with Crippen molar-refractivity contribution in [2.24, 2.45) is 5.92 Å². The van der Waals surface area contributed by atoms with Gasteiger partial charge in [0.1, 0.15) is 5.65 Å². The lowest BCUT2D eigenvalue weighted by molar-refractivity contribution is 0.538. The maximum atomic E-state index is 4.27. The van der Waals surface area contributed by atoms with Crippen molar-refractivity contribution >= 4 is 11.0 Å². The van der Waals surface area contributed by atoms with Crippen molar-refractivity contribution in [3.63, 3.8) is 0 Å². The Morgan fingerprint density at radius 1 is 1.44 bits per heavy atom. The van der Waals surface area contributed by atoms with Crippen LogP contribution in [0.2, 0.25) is 0 Å². The Morgan fingerprint density at radius 3 is 3.12 bits per heavy atom. The highest BCUT2D eigenvalue weighted by Gasteiger charge is 2.02. The van der Waals surface area contributed by atoms with Crippen LogP contribution in [0.25, 0.3) is 11.0 Å². The van der Waals surface area contributed by atoms with Gasteiger partial charge in [0.25, 0.3) is 0 Å². The first-order valence-corrected chi connectivity index (χ1v) is 5.89. The molecule has 3 heteroatoms. The minimum Gasteiger partial charge on any atom is -0.346 e. The highest BCUT2D eigenvalue weighted by atomic mass is 14.9. The van der Waals surface area contributed by atoms with Gasteiger partial charge in [-0.3, -0.25) is 0 Å². The van der Waals surface area contributed by atoms with Crippen molar-refractivity contribution < 1.29 is 0 Å². The molecule has 0 aliphatic heterocycles. The molecule has 2 heterocycles. The SMILES string of the molecule is CC(C)CCNCc1c[nH]c2ncccc12. The van der Waals surface area contributed by atoms with Crippen LogP contribution in [0.3, 0.4) is 0 Å². The summed E-state index contributed by atoms with van der Waals surface area (Å²) in [5.74, 6) is 0.761. The minimum absolute atomic E-state index is 0.761. The molecule has 16 heavy (non-hydrogen) atoms. The molecule has 0 fully saturated rings. The lowest BCUT2D eigenvalue weighted by atomic mass is 10.1. The Balaban J connectivity index is 1.94. The average Bonchev–Trinajstić information content (AvgIpc) is 2.68. The number of pyridine rings is 1. The van der Waals surface area contributed by atoms with Crippen LogP contribution in [0.15, 0.2) is 24.5 Å². The largest absolute Gasteiger partial charge is 0.346 e. The summed E-state index contributed by atoms with van der Waals surface area (Å²) in [4.78, 5) is 7.46. The first-order valence-electron chi connectivity index (χ1n) is 5.89. The third-order valence-corrected chi connectivity index (χ3v) is 2.75. The lowest BCUT2D eigenvalue weighted by Crippen LogP contribution is -2.15. The monoisotopic (exact) mass is 217 g/mol. The van der Waals surface area contributed by atoms with Gasteiger partial charge in [-0.2, -0.15) is 0 Å². The number of aromatic nitrogens is 2. The fraction of sp³-hybridized carbons (Fsp3) is 0.462. The van der Waals surface area contributed by atoms with Crippen molar-refractivity contribution in [3.05, 3.63) is 30.1 Å². The fourth-order valence-corrected chi connectivity index (χ4v) is 1.77. The summed E-state index contributed by atoms with van der Waals surface area (Å²) >= 11 is 0. The van der Waals surface area contributed by atoms with Gasteiger partial charge in [-0.15, -0.1) is 0 Å². The van der Waals surface area contributed by atoms with E-state index in [9.17, 15) is 0 Å². The standard InChI is InChI=1S/C13H19N3/c1-10(2)5-7-14-8-11-9-16-13-12(11)4-3-6-15-13/h3-4,6,9-10,14H,5,7-8H2,1-2H3,(H,15,16). The molecular formula is C13H19N3. The number of fused-ring (bicyclic) bond motifs is 1. The van der Waals surface area contributed by atoms with Crippen LogP contribution < -0.4 is 5.32 Å². The smallest absolute Gasteiger partial charge is 0.137 e. The second-order valence-electron chi connectivity index (χ2n) is 4.57. The Hall–Kier alpha value is -1.35. The van der Waals surface area contributed by atoms with Gasteiger partial charge in [-0.25, -0.2) is 4.98 Å². The van der Waals surface area contributed by atoms with E-state index in [2.05, 4.69) is 35.2 Å². The van der Waals surface area contributed by atoms with Gasteiger partial charge in [0.05, 0.1) is 0 Å². The van der Waals surface area contributed by atoms with Crippen LogP contribution >= 0.6 is 0 Å². The number of aromatic amines is 1. The molecule has 0 amide bonds.